The van der Waals surface area contributed by atoms with Crippen molar-refractivity contribution in [3.05, 3.63) is 59.4 Å². The smallest absolute Gasteiger partial charge is 0.194 e. The second-order valence-electron chi connectivity index (χ2n) is 5.64. The highest BCUT2D eigenvalue weighted by Gasteiger charge is 2.13. The van der Waals surface area contributed by atoms with Crippen LogP contribution in [0.25, 0.3) is 11.0 Å². The maximum absolute atomic E-state index is 11.5. The SMILES string of the molecule is CCOc1ccc(COc2ccc3cc(C(C)=O)oc3c2C)cc1. The van der Waals surface area contributed by atoms with E-state index >= 15 is 0 Å². The first-order chi connectivity index (χ1) is 11.6. The number of hydrogen-bond donors (Lipinski definition) is 0. The summed E-state index contributed by atoms with van der Waals surface area (Å²) in [5, 5.41) is 0.908. The third kappa shape index (κ3) is 3.27. The van der Waals surface area contributed by atoms with Crippen LogP contribution in [0.5, 0.6) is 11.5 Å². The largest absolute Gasteiger partial charge is 0.494 e. The average Bonchev–Trinajstić information content (AvgIpc) is 3.01. The molecule has 0 aliphatic carbocycles. The predicted octanol–water partition coefficient (Wildman–Crippen LogP) is 4.92. The summed E-state index contributed by atoms with van der Waals surface area (Å²) in [5.74, 6) is 1.89. The van der Waals surface area contributed by atoms with Crippen molar-refractivity contribution in [2.75, 3.05) is 6.61 Å². The molecule has 124 valence electrons. The molecule has 0 saturated carbocycles. The molecule has 4 heteroatoms. The zero-order valence-corrected chi connectivity index (χ0v) is 14.1. The van der Waals surface area contributed by atoms with Gasteiger partial charge in [0.05, 0.1) is 6.61 Å². The number of furan rings is 1. The summed E-state index contributed by atoms with van der Waals surface area (Å²) in [5.41, 5.74) is 2.65. The molecular formula is C20H20O4. The molecule has 4 nitrogen and oxygen atoms in total. The van der Waals surface area contributed by atoms with Gasteiger partial charge < -0.3 is 13.9 Å². The van der Waals surface area contributed by atoms with Crippen molar-refractivity contribution in [2.45, 2.75) is 27.4 Å². The second-order valence-corrected chi connectivity index (χ2v) is 5.64. The molecule has 24 heavy (non-hydrogen) atoms. The van der Waals surface area contributed by atoms with Gasteiger partial charge in [-0.05, 0) is 49.7 Å². The maximum Gasteiger partial charge on any atom is 0.194 e. The zero-order valence-electron chi connectivity index (χ0n) is 14.1. The number of benzene rings is 2. The Labute approximate surface area is 141 Å². The summed E-state index contributed by atoms with van der Waals surface area (Å²) < 4.78 is 17.0. The number of fused-ring (bicyclic) bond motifs is 1. The highest BCUT2D eigenvalue weighted by molar-refractivity contribution is 5.96. The van der Waals surface area contributed by atoms with Gasteiger partial charge in [-0.25, -0.2) is 0 Å². The summed E-state index contributed by atoms with van der Waals surface area (Å²) in [6.07, 6.45) is 0. The van der Waals surface area contributed by atoms with Gasteiger partial charge in [0.1, 0.15) is 23.7 Å². The molecule has 0 amide bonds. The molecule has 0 atom stereocenters. The van der Waals surface area contributed by atoms with Crippen LogP contribution in [0, 0.1) is 6.92 Å². The maximum atomic E-state index is 11.5. The Morgan fingerprint density at radius 1 is 1.08 bits per heavy atom. The van der Waals surface area contributed by atoms with Gasteiger partial charge in [0.2, 0.25) is 0 Å². The molecule has 2 aromatic carbocycles. The van der Waals surface area contributed by atoms with Crippen molar-refractivity contribution in [3.8, 4) is 11.5 Å². The molecule has 0 bridgehead atoms. The standard InChI is InChI=1S/C20H20O4/c1-4-22-17-8-5-15(6-9-17)12-23-18-10-7-16-11-19(14(3)21)24-20(16)13(18)2/h5-11H,4,12H2,1-3H3. The Kier molecular flexibility index (Phi) is 4.56. The van der Waals surface area contributed by atoms with E-state index in [1.54, 1.807) is 6.07 Å². The van der Waals surface area contributed by atoms with Gasteiger partial charge in [-0.2, -0.15) is 0 Å². The monoisotopic (exact) mass is 324 g/mol. The number of hydrogen-bond acceptors (Lipinski definition) is 4. The summed E-state index contributed by atoms with van der Waals surface area (Å²) in [4.78, 5) is 11.5. The minimum Gasteiger partial charge on any atom is -0.494 e. The lowest BCUT2D eigenvalue weighted by atomic mass is 10.1. The van der Waals surface area contributed by atoms with E-state index in [-0.39, 0.29) is 5.78 Å². The van der Waals surface area contributed by atoms with Crippen molar-refractivity contribution < 1.29 is 18.7 Å². The van der Waals surface area contributed by atoms with Crippen LogP contribution >= 0.6 is 0 Å². The van der Waals surface area contributed by atoms with Gasteiger partial charge in [0.15, 0.2) is 11.5 Å². The van der Waals surface area contributed by atoms with Crippen molar-refractivity contribution in [1.29, 1.82) is 0 Å². The Bertz CT molecular complexity index is 859. The fourth-order valence-electron chi connectivity index (χ4n) is 2.56. The molecule has 0 N–H and O–H groups in total. The van der Waals surface area contributed by atoms with Crippen molar-refractivity contribution in [3.63, 3.8) is 0 Å². The summed E-state index contributed by atoms with van der Waals surface area (Å²) in [6, 6.07) is 13.4. The summed E-state index contributed by atoms with van der Waals surface area (Å²) in [7, 11) is 0. The summed E-state index contributed by atoms with van der Waals surface area (Å²) in [6.45, 7) is 6.50. The first kappa shape index (κ1) is 16.1. The molecule has 0 radical (unpaired) electrons. The fourth-order valence-corrected chi connectivity index (χ4v) is 2.56. The van der Waals surface area contributed by atoms with Crippen LogP contribution in [0.3, 0.4) is 0 Å². The number of carbonyl (C=O) groups excluding carboxylic acids is 1. The van der Waals surface area contributed by atoms with Crippen molar-refractivity contribution >= 4 is 16.8 Å². The zero-order chi connectivity index (χ0) is 17.1. The lowest BCUT2D eigenvalue weighted by Crippen LogP contribution is -1.97. The number of Topliss-reactive ketones (excluding diaryl/α,β-unsaturated/α-hetero) is 1. The molecule has 1 heterocycles. The van der Waals surface area contributed by atoms with E-state index in [0.717, 1.165) is 28.0 Å². The van der Waals surface area contributed by atoms with Gasteiger partial charge in [0, 0.05) is 17.9 Å². The molecule has 1 aromatic heterocycles. The third-order valence-electron chi connectivity index (χ3n) is 3.86. The number of aryl methyl sites for hydroxylation is 1. The Morgan fingerprint density at radius 3 is 2.50 bits per heavy atom. The number of ether oxygens (including phenoxy) is 2. The van der Waals surface area contributed by atoms with Crippen LogP contribution in [-0.2, 0) is 6.61 Å². The first-order valence-corrected chi connectivity index (χ1v) is 7.97. The predicted molar refractivity (Wildman–Crippen MR) is 92.9 cm³/mol. The molecule has 0 spiro atoms. The molecule has 0 aliphatic rings. The Hall–Kier alpha value is -2.75. The van der Waals surface area contributed by atoms with Crippen LogP contribution in [-0.4, -0.2) is 12.4 Å². The third-order valence-corrected chi connectivity index (χ3v) is 3.86. The van der Waals surface area contributed by atoms with E-state index in [0.29, 0.717) is 24.6 Å². The van der Waals surface area contributed by atoms with Crippen molar-refractivity contribution in [2.24, 2.45) is 0 Å². The second kappa shape index (κ2) is 6.79. The van der Waals surface area contributed by atoms with E-state index in [1.807, 2.05) is 50.2 Å². The van der Waals surface area contributed by atoms with Gasteiger partial charge in [0.25, 0.3) is 0 Å². The fraction of sp³-hybridized carbons (Fsp3) is 0.250. The Morgan fingerprint density at radius 2 is 1.83 bits per heavy atom. The lowest BCUT2D eigenvalue weighted by Gasteiger charge is -2.10. The highest BCUT2D eigenvalue weighted by atomic mass is 16.5. The number of rotatable bonds is 6. The van der Waals surface area contributed by atoms with Crippen LogP contribution in [0.1, 0.15) is 35.5 Å². The molecule has 0 saturated heterocycles. The molecule has 3 rings (SSSR count). The van der Waals surface area contributed by atoms with E-state index < -0.39 is 0 Å². The quantitative estimate of drug-likeness (QED) is 0.604. The number of ketones is 1. The Balaban J connectivity index is 1.77. The normalized spacial score (nSPS) is 10.8. The molecule has 3 aromatic rings. The number of carbonyl (C=O) groups is 1. The average molecular weight is 324 g/mol. The van der Waals surface area contributed by atoms with E-state index in [1.165, 1.54) is 6.92 Å². The van der Waals surface area contributed by atoms with Crippen LogP contribution in [0.4, 0.5) is 0 Å². The molecular weight excluding hydrogens is 304 g/mol. The lowest BCUT2D eigenvalue weighted by molar-refractivity contribution is 0.0989. The summed E-state index contributed by atoms with van der Waals surface area (Å²) >= 11 is 0. The van der Waals surface area contributed by atoms with Gasteiger partial charge in [-0.1, -0.05) is 12.1 Å². The van der Waals surface area contributed by atoms with Gasteiger partial charge in [-0.3, -0.25) is 4.79 Å². The molecule has 0 aliphatic heterocycles. The minimum absolute atomic E-state index is 0.0811. The van der Waals surface area contributed by atoms with Crippen LogP contribution < -0.4 is 9.47 Å². The van der Waals surface area contributed by atoms with Crippen LogP contribution in [0.2, 0.25) is 0 Å². The van der Waals surface area contributed by atoms with Gasteiger partial charge in [-0.15, -0.1) is 0 Å². The van der Waals surface area contributed by atoms with Gasteiger partial charge >= 0.3 is 0 Å². The molecule has 0 fully saturated rings. The van der Waals surface area contributed by atoms with E-state index in [2.05, 4.69) is 0 Å². The first-order valence-electron chi connectivity index (χ1n) is 7.97. The van der Waals surface area contributed by atoms with E-state index in [9.17, 15) is 4.79 Å². The van der Waals surface area contributed by atoms with Crippen LogP contribution in [0.15, 0.2) is 46.9 Å². The topological polar surface area (TPSA) is 48.7 Å². The molecule has 0 unspecified atom stereocenters. The minimum atomic E-state index is -0.0811. The van der Waals surface area contributed by atoms with Crippen molar-refractivity contribution in [1.82, 2.24) is 0 Å². The highest BCUT2D eigenvalue weighted by Crippen LogP contribution is 2.30. The van der Waals surface area contributed by atoms with E-state index in [4.69, 9.17) is 13.9 Å².